The summed E-state index contributed by atoms with van der Waals surface area (Å²) >= 11 is 0. The van der Waals surface area contributed by atoms with Crippen LogP contribution >= 0.6 is 0 Å². The summed E-state index contributed by atoms with van der Waals surface area (Å²) in [6.45, 7) is 5.49. The highest BCUT2D eigenvalue weighted by Crippen LogP contribution is 2.31. The van der Waals surface area contributed by atoms with Gasteiger partial charge in [-0.15, -0.1) is 0 Å². The molecule has 1 aliphatic heterocycles. The summed E-state index contributed by atoms with van der Waals surface area (Å²) in [4.78, 5) is 14.9. The van der Waals surface area contributed by atoms with E-state index in [1.54, 1.807) is 0 Å². The highest BCUT2D eigenvalue weighted by Gasteiger charge is 2.34. The largest absolute Gasteiger partial charge is 0.352 e. The smallest absolute Gasteiger partial charge is 0.237 e. The molecule has 4 nitrogen and oxygen atoms in total. The molecule has 120 valence electrons. The molecule has 2 unspecified atom stereocenters. The lowest BCUT2D eigenvalue weighted by Gasteiger charge is -2.25. The van der Waals surface area contributed by atoms with Crippen molar-refractivity contribution >= 4 is 5.91 Å². The van der Waals surface area contributed by atoms with Crippen LogP contribution in [-0.4, -0.2) is 48.6 Å². The molecule has 3 aliphatic rings. The number of likely N-dealkylation sites (tertiary alicyclic amines) is 1. The maximum absolute atomic E-state index is 12.2. The molecule has 2 saturated carbocycles. The Morgan fingerprint density at radius 2 is 1.90 bits per heavy atom. The monoisotopic (exact) mass is 293 g/mol. The number of amides is 1. The Balaban J connectivity index is 1.33. The molecule has 3 fully saturated rings. The lowest BCUT2D eigenvalue weighted by molar-refractivity contribution is -0.123. The fraction of sp³-hybridized carbons (Fsp3) is 0.941. The fourth-order valence-electron chi connectivity index (χ4n) is 3.81. The van der Waals surface area contributed by atoms with Crippen molar-refractivity contribution in [2.24, 2.45) is 5.92 Å². The number of carbonyl (C=O) groups is 1. The van der Waals surface area contributed by atoms with Crippen LogP contribution < -0.4 is 10.6 Å². The van der Waals surface area contributed by atoms with Gasteiger partial charge in [0.1, 0.15) is 0 Å². The summed E-state index contributed by atoms with van der Waals surface area (Å²) in [6.07, 6.45) is 10.3. The van der Waals surface area contributed by atoms with Gasteiger partial charge in [-0.05, 0) is 58.0 Å². The Bertz CT molecular complexity index is 350. The first kappa shape index (κ1) is 15.3. The predicted octanol–water partition coefficient (Wildman–Crippen LogP) is 1.90. The van der Waals surface area contributed by atoms with Gasteiger partial charge in [0, 0.05) is 18.6 Å². The van der Waals surface area contributed by atoms with Crippen LogP contribution in [0.4, 0.5) is 0 Å². The van der Waals surface area contributed by atoms with E-state index in [9.17, 15) is 4.79 Å². The van der Waals surface area contributed by atoms with Crippen molar-refractivity contribution < 1.29 is 4.79 Å². The van der Waals surface area contributed by atoms with Gasteiger partial charge in [0.25, 0.3) is 0 Å². The number of hydrogen-bond donors (Lipinski definition) is 2. The van der Waals surface area contributed by atoms with Crippen LogP contribution in [0, 0.1) is 5.92 Å². The third-order valence-electron chi connectivity index (χ3n) is 5.44. The zero-order valence-electron chi connectivity index (χ0n) is 13.4. The number of hydrogen-bond acceptors (Lipinski definition) is 3. The Hall–Kier alpha value is -0.610. The van der Waals surface area contributed by atoms with Crippen LogP contribution in [0.25, 0.3) is 0 Å². The van der Waals surface area contributed by atoms with Crippen LogP contribution in [-0.2, 0) is 4.79 Å². The SMILES string of the molecule is CC(NCC1CCN(C2CC2)C1)C(=O)NC1CCCCC1. The van der Waals surface area contributed by atoms with E-state index in [1.165, 1.54) is 51.6 Å². The van der Waals surface area contributed by atoms with E-state index in [4.69, 9.17) is 0 Å². The second-order valence-corrected chi connectivity index (χ2v) is 7.35. The standard InChI is InChI=1S/C17H31N3O/c1-13(17(21)19-15-5-3-2-4-6-15)18-11-14-9-10-20(12-14)16-7-8-16/h13-16,18H,2-12H2,1H3,(H,19,21). The Labute approximate surface area is 129 Å². The first-order valence-corrected chi connectivity index (χ1v) is 9.00. The molecular weight excluding hydrogens is 262 g/mol. The normalized spacial score (nSPS) is 29.5. The molecular formula is C17H31N3O. The highest BCUT2D eigenvalue weighted by atomic mass is 16.2. The Kier molecular flexibility index (Phi) is 5.17. The molecule has 0 spiro atoms. The molecule has 0 aromatic rings. The molecule has 2 N–H and O–H groups in total. The van der Waals surface area contributed by atoms with Gasteiger partial charge in [-0.1, -0.05) is 19.3 Å². The van der Waals surface area contributed by atoms with Gasteiger partial charge in [-0.25, -0.2) is 0 Å². The van der Waals surface area contributed by atoms with E-state index < -0.39 is 0 Å². The Morgan fingerprint density at radius 3 is 2.62 bits per heavy atom. The summed E-state index contributed by atoms with van der Waals surface area (Å²) in [5.41, 5.74) is 0. The van der Waals surface area contributed by atoms with Gasteiger partial charge < -0.3 is 15.5 Å². The topological polar surface area (TPSA) is 44.4 Å². The summed E-state index contributed by atoms with van der Waals surface area (Å²) in [6, 6.07) is 1.26. The maximum atomic E-state index is 12.2. The molecule has 0 aromatic heterocycles. The number of rotatable bonds is 6. The first-order valence-electron chi connectivity index (χ1n) is 9.00. The van der Waals surface area contributed by atoms with Crippen molar-refractivity contribution in [2.45, 2.75) is 76.4 Å². The van der Waals surface area contributed by atoms with Gasteiger partial charge in [0.15, 0.2) is 0 Å². The first-order chi connectivity index (χ1) is 10.2. The second kappa shape index (κ2) is 7.10. The highest BCUT2D eigenvalue weighted by molar-refractivity contribution is 5.81. The molecule has 1 saturated heterocycles. The summed E-state index contributed by atoms with van der Waals surface area (Å²) in [5.74, 6) is 0.925. The Morgan fingerprint density at radius 1 is 1.14 bits per heavy atom. The third-order valence-corrected chi connectivity index (χ3v) is 5.44. The third kappa shape index (κ3) is 4.43. The zero-order chi connectivity index (χ0) is 14.7. The molecule has 3 rings (SSSR count). The molecule has 1 heterocycles. The minimum atomic E-state index is -0.0538. The molecule has 21 heavy (non-hydrogen) atoms. The fourth-order valence-corrected chi connectivity index (χ4v) is 3.81. The van der Waals surface area contributed by atoms with Crippen LogP contribution in [0.15, 0.2) is 0 Å². The van der Waals surface area contributed by atoms with E-state index in [1.807, 2.05) is 6.92 Å². The molecule has 0 radical (unpaired) electrons. The zero-order valence-corrected chi connectivity index (χ0v) is 13.4. The average molecular weight is 293 g/mol. The van der Waals surface area contributed by atoms with E-state index in [-0.39, 0.29) is 11.9 Å². The van der Waals surface area contributed by atoms with Crippen LogP contribution in [0.2, 0.25) is 0 Å². The second-order valence-electron chi connectivity index (χ2n) is 7.35. The van der Waals surface area contributed by atoms with Crippen molar-refractivity contribution in [3.8, 4) is 0 Å². The minimum absolute atomic E-state index is 0.0538. The molecule has 1 amide bonds. The van der Waals surface area contributed by atoms with E-state index in [0.717, 1.165) is 31.3 Å². The van der Waals surface area contributed by atoms with E-state index in [0.29, 0.717) is 6.04 Å². The molecule has 0 bridgehead atoms. The van der Waals surface area contributed by atoms with Gasteiger partial charge >= 0.3 is 0 Å². The van der Waals surface area contributed by atoms with Crippen molar-refractivity contribution in [1.82, 2.24) is 15.5 Å². The molecule has 2 atom stereocenters. The summed E-state index contributed by atoms with van der Waals surface area (Å²) in [7, 11) is 0. The maximum Gasteiger partial charge on any atom is 0.237 e. The van der Waals surface area contributed by atoms with Gasteiger partial charge in [-0.3, -0.25) is 4.79 Å². The molecule has 4 heteroatoms. The van der Waals surface area contributed by atoms with Crippen LogP contribution in [0.1, 0.15) is 58.3 Å². The lowest BCUT2D eigenvalue weighted by atomic mass is 9.95. The quantitative estimate of drug-likeness (QED) is 0.786. The summed E-state index contributed by atoms with van der Waals surface area (Å²) in [5, 5.41) is 6.67. The molecule has 2 aliphatic carbocycles. The number of carbonyl (C=O) groups excluding carboxylic acids is 1. The van der Waals surface area contributed by atoms with Crippen molar-refractivity contribution in [2.75, 3.05) is 19.6 Å². The van der Waals surface area contributed by atoms with Gasteiger partial charge in [0.2, 0.25) is 5.91 Å². The van der Waals surface area contributed by atoms with Crippen molar-refractivity contribution in [3.05, 3.63) is 0 Å². The van der Waals surface area contributed by atoms with Gasteiger partial charge in [-0.2, -0.15) is 0 Å². The molecule has 0 aromatic carbocycles. The van der Waals surface area contributed by atoms with Crippen LogP contribution in [0.5, 0.6) is 0 Å². The van der Waals surface area contributed by atoms with E-state index in [2.05, 4.69) is 15.5 Å². The van der Waals surface area contributed by atoms with E-state index >= 15 is 0 Å². The van der Waals surface area contributed by atoms with Crippen molar-refractivity contribution in [3.63, 3.8) is 0 Å². The number of nitrogens with zero attached hydrogens (tertiary/aromatic N) is 1. The van der Waals surface area contributed by atoms with Crippen molar-refractivity contribution in [1.29, 1.82) is 0 Å². The number of nitrogens with one attached hydrogen (secondary N) is 2. The minimum Gasteiger partial charge on any atom is -0.352 e. The lowest BCUT2D eigenvalue weighted by Crippen LogP contribution is -2.48. The average Bonchev–Trinajstić information content (AvgIpc) is 3.25. The summed E-state index contributed by atoms with van der Waals surface area (Å²) < 4.78 is 0. The van der Waals surface area contributed by atoms with Crippen LogP contribution in [0.3, 0.4) is 0 Å². The van der Waals surface area contributed by atoms with Gasteiger partial charge in [0.05, 0.1) is 6.04 Å². The predicted molar refractivity (Wildman–Crippen MR) is 85.2 cm³/mol.